The summed E-state index contributed by atoms with van der Waals surface area (Å²) in [6.45, 7) is 0. The molecule has 1 aliphatic heterocycles. The molecule has 1 atom stereocenters. The van der Waals surface area contributed by atoms with Crippen molar-refractivity contribution in [1.29, 1.82) is 0 Å². The van der Waals surface area contributed by atoms with Crippen molar-refractivity contribution in [3.05, 3.63) is 76.4 Å². The standard InChI is InChI=1S/C19H14FNO3S2/c1-24-18(23)16(12-7-3-2-4-8-12)21-17(22)15(26-19(21)25)11-13-9-5-6-10-14(13)20/h2-11,16H,1H3/b15-11+. The summed E-state index contributed by atoms with van der Waals surface area (Å²) in [7, 11) is 1.26. The molecule has 7 heteroatoms. The molecule has 3 rings (SSSR count). The number of nitrogens with zero attached hydrogens (tertiary/aromatic N) is 1. The first-order chi connectivity index (χ1) is 12.5. The van der Waals surface area contributed by atoms with Gasteiger partial charge in [0.05, 0.1) is 12.0 Å². The molecular formula is C19H14FNO3S2. The van der Waals surface area contributed by atoms with E-state index in [0.29, 0.717) is 5.56 Å². The van der Waals surface area contributed by atoms with Crippen LogP contribution in [0.15, 0.2) is 59.5 Å². The monoisotopic (exact) mass is 387 g/mol. The second kappa shape index (κ2) is 7.80. The smallest absolute Gasteiger partial charge is 0.333 e. The highest BCUT2D eigenvalue weighted by Crippen LogP contribution is 2.38. The van der Waals surface area contributed by atoms with Crippen molar-refractivity contribution in [2.24, 2.45) is 0 Å². The summed E-state index contributed by atoms with van der Waals surface area (Å²) >= 11 is 6.34. The second-order valence-corrected chi connectivity index (χ2v) is 7.09. The van der Waals surface area contributed by atoms with Gasteiger partial charge >= 0.3 is 5.97 Å². The fourth-order valence-corrected chi connectivity index (χ4v) is 3.88. The summed E-state index contributed by atoms with van der Waals surface area (Å²) < 4.78 is 19.0. The van der Waals surface area contributed by atoms with Crippen molar-refractivity contribution in [1.82, 2.24) is 4.90 Å². The molecule has 1 heterocycles. The van der Waals surface area contributed by atoms with Crippen molar-refractivity contribution in [3.8, 4) is 0 Å². The first kappa shape index (κ1) is 18.3. The molecule has 1 unspecified atom stereocenters. The van der Waals surface area contributed by atoms with E-state index in [-0.39, 0.29) is 14.8 Å². The number of hydrogen-bond donors (Lipinski definition) is 0. The van der Waals surface area contributed by atoms with Gasteiger partial charge in [-0.2, -0.15) is 0 Å². The maximum absolute atomic E-state index is 13.9. The van der Waals surface area contributed by atoms with E-state index >= 15 is 0 Å². The molecule has 1 saturated heterocycles. The van der Waals surface area contributed by atoms with Gasteiger partial charge in [-0.15, -0.1) is 0 Å². The van der Waals surface area contributed by atoms with E-state index in [1.807, 2.05) is 0 Å². The third-order valence-electron chi connectivity index (χ3n) is 3.81. The molecule has 0 aliphatic carbocycles. The average molecular weight is 387 g/mol. The van der Waals surface area contributed by atoms with Gasteiger partial charge in [0.1, 0.15) is 10.1 Å². The summed E-state index contributed by atoms with van der Waals surface area (Å²) in [5, 5.41) is 0. The van der Waals surface area contributed by atoms with Crippen molar-refractivity contribution in [2.75, 3.05) is 7.11 Å². The highest BCUT2D eigenvalue weighted by Gasteiger charge is 2.41. The van der Waals surface area contributed by atoms with Gasteiger partial charge in [-0.3, -0.25) is 9.69 Å². The number of methoxy groups -OCH3 is 1. The second-order valence-electron chi connectivity index (χ2n) is 5.41. The zero-order valence-electron chi connectivity index (χ0n) is 13.7. The van der Waals surface area contributed by atoms with E-state index in [0.717, 1.165) is 11.8 Å². The molecule has 0 radical (unpaired) electrons. The van der Waals surface area contributed by atoms with Crippen LogP contribution in [0.25, 0.3) is 6.08 Å². The summed E-state index contributed by atoms with van der Waals surface area (Å²) in [4.78, 5) is 26.7. The molecule has 132 valence electrons. The van der Waals surface area contributed by atoms with Gasteiger partial charge in [0, 0.05) is 5.56 Å². The molecule has 1 aliphatic rings. The van der Waals surface area contributed by atoms with Gasteiger partial charge in [0.15, 0.2) is 6.04 Å². The molecular weight excluding hydrogens is 373 g/mol. The predicted octanol–water partition coefficient (Wildman–Crippen LogP) is 3.94. The van der Waals surface area contributed by atoms with E-state index in [1.165, 1.54) is 24.2 Å². The van der Waals surface area contributed by atoms with Gasteiger partial charge in [0.2, 0.25) is 0 Å². The SMILES string of the molecule is COC(=O)C(c1ccccc1)N1C(=O)/C(=C\c2ccccc2F)SC1=S. The van der Waals surface area contributed by atoms with Crippen molar-refractivity contribution >= 4 is 46.3 Å². The zero-order valence-corrected chi connectivity index (χ0v) is 15.4. The maximum Gasteiger partial charge on any atom is 0.333 e. The highest BCUT2D eigenvalue weighted by atomic mass is 32.2. The number of carbonyl (C=O) groups excluding carboxylic acids is 2. The molecule has 1 amide bonds. The van der Waals surface area contributed by atoms with Crippen molar-refractivity contribution in [2.45, 2.75) is 6.04 Å². The van der Waals surface area contributed by atoms with E-state index in [2.05, 4.69) is 0 Å². The van der Waals surface area contributed by atoms with E-state index in [9.17, 15) is 14.0 Å². The van der Waals surface area contributed by atoms with Gasteiger partial charge in [0.25, 0.3) is 5.91 Å². The quantitative estimate of drug-likeness (QED) is 0.452. The lowest BCUT2D eigenvalue weighted by atomic mass is 10.1. The molecule has 0 spiro atoms. The fraction of sp³-hybridized carbons (Fsp3) is 0.105. The van der Waals surface area contributed by atoms with E-state index in [1.54, 1.807) is 48.5 Å². The van der Waals surface area contributed by atoms with Crippen LogP contribution in [0.3, 0.4) is 0 Å². The zero-order chi connectivity index (χ0) is 18.7. The molecule has 0 aromatic heterocycles. The maximum atomic E-state index is 13.9. The topological polar surface area (TPSA) is 46.6 Å². The summed E-state index contributed by atoms with van der Waals surface area (Å²) in [5.41, 5.74) is 0.866. The third-order valence-corrected chi connectivity index (χ3v) is 5.14. The third kappa shape index (κ3) is 3.54. The van der Waals surface area contributed by atoms with Crippen molar-refractivity contribution < 1.29 is 18.7 Å². The van der Waals surface area contributed by atoms with Crippen LogP contribution in [0, 0.1) is 5.82 Å². The lowest BCUT2D eigenvalue weighted by molar-refractivity contribution is -0.148. The fourth-order valence-electron chi connectivity index (χ4n) is 2.57. The number of hydrogen-bond acceptors (Lipinski definition) is 5. The summed E-state index contributed by atoms with van der Waals surface area (Å²) in [6.07, 6.45) is 1.44. The van der Waals surface area contributed by atoms with Gasteiger partial charge in [-0.25, -0.2) is 9.18 Å². The Morgan fingerprint density at radius 3 is 2.50 bits per heavy atom. The number of halogens is 1. The molecule has 1 fully saturated rings. The van der Waals surface area contributed by atoms with Gasteiger partial charge in [-0.05, 0) is 17.7 Å². The van der Waals surface area contributed by atoms with Crippen LogP contribution in [0.2, 0.25) is 0 Å². The number of thioether (sulfide) groups is 1. The van der Waals surface area contributed by atoms with Crippen LogP contribution in [0.4, 0.5) is 4.39 Å². The largest absolute Gasteiger partial charge is 0.467 e. The van der Waals surface area contributed by atoms with Crippen LogP contribution in [0.1, 0.15) is 17.2 Å². The van der Waals surface area contributed by atoms with Crippen molar-refractivity contribution in [3.63, 3.8) is 0 Å². The first-order valence-electron chi connectivity index (χ1n) is 7.67. The number of esters is 1. The molecule has 0 bridgehead atoms. The van der Waals surface area contributed by atoms with Crippen LogP contribution in [-0.2, 0) is 14.3 Å². The lowest BCUT2D eigenvalue weighted by Crippen LogP contribution is -2.37. The highest BCUT2D eigenvalue weighted by molar-refractivity contribution is 8.26. The van der Waals surface area contributed by atoms with E-state index in [4.69, 9.17) is 17.0 Å². The Kier molecular flexibility index (Phi) is 5.49. The van der Waals surface area contributed by atoms with Crippen LogP contribution in [-0.4, -0.2) is 28.2 Å². The minimum atomic E-state index is -0.986. The number of rotatable bonds is 4. The normalized spacial score (nSPS) is 16.8. The Balaban J connectivity index is 1.99. The summed E-state index contributed by atoms with van der Waals surface area (Å²) in [5.74, 6) is -1.49. The molecule has 2 aromatic carbocycles. The lowest BCUT2D eigenvalue weighted by Gasteiger charge is -2.24. The molecule has 26 heavy (non-hydrogen) atoms. The number of carbonyl (C=O) groups is 2. The van der Waals surface area contributed by atoms with Crippen LogP contribution < -0.4 is 0 Å². The van der Waals surface area contributed by atoms with Gasteiger partial charge in [-0.1, -0.05) is 72.5 Å². The predicted molar refractivity (Wildman–Crippen MR) is 103 cm³/mol. The molecule has 0 saturated carbocycles. The molecule has 4 nitrogen and oxygen atoms in total. The Hall–Kier alpha value is -2.51. The minimum absolute atomic E-state index is 0.219. The van der Waals surface area contributed by atoms with Crippen LogP contribution in [0.5, 0.6) is 0 Å². The molecule has 2 aromatic rings. The van der Waals surface area contributed by atoms with Crippen LogP contribution >= 0.6 is 24.0 Å². The number of ether oxygens (including phenoxy) is 1. The Morgan fingerprint density at radius 1 is 1.19 bits per heavy atom. The average Bonchev–Trinajstić information content (AvgIpc) is 2.92. The Morgan fingerprint density at radius 2 is 1.85 bits per heavy atom. The summed E-state index contributed by atoms with van der Waals surface area (Å²) in [6, 6.07) is 13.9. The van der Waals surface area contributed by atoms with Gasteiger partial charge < -0.3 is 4.74 Å². The minimum Gasteiger partial charge on any atom is -0.467 e. The number of thiocarbonyl (C=S) groups is 1. The number of amides is 1. The Labute approximate surface area is 159 Å². The number of benzene rings is 2. The Bertz CT molecular complexity index is 899. The first-order valence-corrected chi connectivity index (χ1v) is 8.89. The molecule has 0 N–H and O–H groups in total. The van der Waals surface area contributed by atoms with E-state index < -0.39 is 23.7 Å².